The van der Waals surface area contributed by atoms with Crippen LogP contribution in [0.15, 0.2) is 28.0 Å². The largest absolute Gasteiger partial charge is 0.368 e. The Morgan fingerprint density at radius 2 is 1.91 bits per heavy atom. The van der Waals surface area contributed by atoms with E-state index in [-0.39, 0.29) is 16.3 Å². The molecular formula is C13H18N2O5S2. The highest BCUT2D eigenvalue weighted by atomic mass is 32.2. The monoisotopic (exact) mass is 346 g/mol. The minimum absolute atomic E-state index is 0.0773. The quantitative estimate of drug-likeness (QED) is 0.826. The summed E-state index contributed by atoms with van der Waals surface area (Å²) in [5.74, 6) is -0.696. The van der Waals surface area contributed by atoms with Gasteiger partial charge in [0.1, 0.15) is 6.04 Å². The van der Waals surface area contributed by atoms with E-state index in [1.807, 2.05) is 0 Å². The van der Waals surface area contributed by atoms with Gasteiger partial charge >= 0.3 is 0 Å². The van der Waals surface area contributed by atoms with Crippen LogP contribution in [0.2, 0.25) is 0 Å². The maximum atomic E-state index is 12.8. The van der Waals surface area contributed by atoms with Crippen molar-refractivity contribution in [1.29, 1.82) is 0 Å². The van der Waals surface area contributed by atoms with Crippen molar-refractivity contribution >= 4 is 25.8 Å². The Kier molecular flexibility index (Phi) is 4.33. The number of aryl methyl sites for hydroxylation is 1. The van der Waals surface area contributed by atoms with Gasteiger partial charge in [-0.25, -0.2) is 16.8 Å². The molecule has 1 fully saturated rings. The molecule has 0 aromatic heterocycles. The summed E-state index contributed by atoms with van der Waals surface area (Å²) in [7, 11) is -7.51. The van der Waals surface area contributed by atoms with Crippen molar-refractivity contribution in [3.8, 4) is 0 Å². The number of nitrogens with zero attached hydrogens (tertiary/aromatic N) is 1. The van der Waals surface area contributed by atoms with Gasteiger partial charge in [-0.05, 0) is 37.5 Å². The van der Waals surface area contributed by atoms with Crippen LogP contribution in [0.4, 0.5) is 0 Å². The molecule has 1 aliphatic heterocycles. The summed E-state index contributed by atoms with van der Waals surface area (Å²) < 4.78 is 49.9. The third-order valence-corrected chi connectivity index (χ3v) is 6.87. The second-order valence-electron chi connectivity index (χ2n) is 5.38. The van der Waals surface area contributed by atoms with E-state index in [2.05, 4.69) is 0 Å². The van der Waals surface area contributed by atoms with Crippen LogP contribution in [-0.2, 0) is 24.7 Å². The highest BCUT2D eigenvalue weighted by Gasteiger charge is 2.39. The third kappa shape index (κ3) is 3.01. The lowest BCUT2D eigenvalue weighted by atomic mass is 10.2. The smallest absolute Gasteiger partial charge is 0.244 e. The molecular weight excluding hydrogens is 328 g/mol. The molecule has 1 heterocycles. The standard InChI is InChI=1S/C13H18N2O5S2/c1-9-5-6-10(21(2,17)18)8-12(9)22(19,20)15-7-3-4-11(15)13(14)16/h5-6,8,11H,3-4,7H2,1-2H3,(H2,14,16)/t11-/m1/s1. The molecule has 2 rings (SSSR count). The van der Waals surface area contributed by atoms with E-state index >= 15 is 0 Å². The lowest BCUT2D eigenvalue weighted by Crippen LogP contribution is -2.43. The van der Waals surface area contributed by atoms with Crippen LogP contribution in [0.5, 0.6) is 0 Å². The molecule has 1 aromatic rings. The van der Waals surface area contributed by atoms with Crippen LogP contribution in [0, 0.1) is 6.92 Å². The second-order valence-corrected chi connectivity index (χ2v) is 9.25. The van der Waals surface area contributed by atoms with Gasteiger partial charge in [0, 0.05) is 12.8 Å². The van der Waals surface area contributed by atoms with Crippen LogP contribution in [-0.4, -0.2) is 45.9 Å². The number of hydrogen-bond donors (Lipinski definition) is 1. The average Bonchev–Trinajstić information content (AvgIpc) is 2.87. The zero-order valence-electron chi connectivity index (χ0n) is 12.3. The lowest BCUT2D eigenvalue weighted by Gasteiger charge is -2.22. The van der Waals surface area contributed by atoms with Gasteiger partial charge in [0.15, 0.2) is 9.84 Å². The normalized spacial score (nSPS) is 20.2. The lowest BCUT2D eigenvalue weighted by molar-refractivity contribution is -0.121. The Morgan fingerprint density at radius 3 is 2.45 bits per heavy atom. The number of rotatable bonds is 4. The minimum Gasteiger partial charge on any atom is -0.368 e. The summed E-state index contributed by atoms with van der Waals surface area (Å²) in [5.41, 5.74) is 5.68. The zero-order chi connectivity index (χ0) is 16.7. The van der Waals surface area contributed by atoms with Gasteiger partial charge in [0.05, 0.1) is 9.79 Å². The topological polar surface area (TPSA) is 115 Å². The van der Waals surface area contributed by atoms with Crippen molar-refractivity contribution in [2.24, 2.45) is 5.73 Å². The first kappa shape index (κ1) is 16.9. The van der Waals surface area contributed by atoms with E-state index in [1.54, 1.807) is 6.92 Å². The molecule has 22 heavy (non-hydrogen) atoms. The molecule has 0 aliphatic carbocycles. The number of carbonyl (C=O) groups is 1. The van der Waals surface area contributed by atoms with Gasteiger partial charge in [-0.3, -0.25) is 4.79 Å². The summed E-state index contributed by atoms with van der Waals surface area (Å²) in [6, 6.07) is 3.06. The Labute approximate surface area is 130 Å². The SMILES string of the molecule is Cc1ccc(S(C)(=O)=O)cc1S(=O)(=O)N1CCC[C@@H]1C(N)=O. The van der Waals surface area contributed by atoms with Crippen LogP contribution in [0.1, 0.15) is 18.4 Å². The summed E-state index contributed by atoms with van der Waals surface area (Å²) in [6.45, 7) is 1.77. The molecule has 0 saturated carbocycles. The molecule has 1 aromatic carbocycles. The Morgan fingerprint density at radius 1 is 1.27 bits per heavy atom. The molecule has 7 nitrogen and oxygen atoms in total. The molecule has 9 heteroatoms. The molecule has 1 amide bonds. The fraction of sp³-hybridized carbons (Fsp3) is 0.462. The average molecular weight is 346 g/mol. The van der Waals surface area contributed by atoms with Crippen molar-refractivity contribution in [2.45, 2.75) is 35.6 Å². The van der Waals surface area contributed by atoms with E-state index in [0.717, 1.165) is 16.6 Å². The van der Waals surface area contributed by atoms with Crippen molar-refractivity contribution in [2.75, 3.05) is 12.8 Å². The van der Waals surface area contributed by atoms with Gasteiger partial charge in [-0.15, -0.1) is 0 Å². The first-order valence-corrected chi connectivity index (χ1v) is 10.00. The van der Waals surface area contributed by atoms with Gasteiger partial charge in [0.25, 0.3) is 0 Å². The van der Waals surface area contributed by atoms with Gasteiger partial charge in [-0.2, -0.15) is 4.31 Å². The Bertz CT molecular complexity index is 815. The number of nitrogens with two attached hydrogens (primary N) is 1. The molecule has 122 valence electrons. The minimum atomic E-state index is -3.98. The molecule has 0 unspecified atom stereocenters. The first-order valence-electron chi connectivity index (χ1n) is 6.67. The number of amides is 1. The Hall–Kier alpha value is -1.45. The molecule has 1 saturated heterocycles. The van der Waals surface area contributed by atoms with E-state index in [1.165, 1.54) is 12.1 Å². The summed E-state index contributed by atoms with van der Waals surface area (Å²) in [6.07, 6.45) is 1.92. The van der Waals surface area contributed by atoms with Gasteiger partial charge in [0.2, 0.25) is 15.9 Å². The zero-order valence-corrected chi connectivity index (χ0v) is 13.9. The van der Waals surface area contributed by atoms with E-state index in [0.29, 0.717) is 18.4 Å². The van der Waals surface area contributed by atoms with Crippen molar-refractivity contribution in [3.63, 3.8) is 0 Å². The highest BCUT2D eigenvalue weighted by molar-refractivity contribution is 7.91. The maximum Gasteiger partial charge on any atom is 0.244 e. The van der Waals surface area contributed by atoms with E-state index < -0.39 is 31.8 Å². The second kappa shape index (κ2) is 5.64. The molecule has 0 radical (unpaired) electrons. The number of carbonyl (C=O) groups excluding carboxylic acids is 1. The maximum absolute atomic E-state index is 12.8. The Balaban J connectivity index is 2.57. The first-order chi connectivity index (χ1) is 10.0. The molecule has 1 aliphatic rings. The van der Waals surface area contributed by atoms with Crippen LogP contribution < -0.4 is 5.73 Å². The van der Waals surface area contributed by atoms with Crippen molar-refractivity contribution < 1.29 is 21.6 Å². The third-order valence-electron chi connectivity index (χ3n) is 3.71. The molecule has 1 atom stereocenters. The summed E-state index contributed by atoms with van der Waals surface area (Å²) in [5, 5.41) is 0. The van der Waals surface area contributed by atoms with E-state index in [4.69, 9.17) is 5.73 Å². The van der Waals surface area contributed by atoms with E-state index in [9.17, 15) is 21.6 Å². The molecule has 2 N–H and O–H groups in total. The number of sulfone groups is 1. The summed E-state index contributed by atoms with van der Waals surface area (Å²) in [4.78, 5) is 11.2. The fourth-order valence-electron chi connectivity index (χ4n) is 2.53. The van der Waals surface area contributed by atoms with Crippen LogP contribution >= 0.6 is 0 Å². The predicted octanol–water partition coefficient (Wildman–Crippen LogP) is 0.0369. The predicted molar refractivity (Wildman–Crippen MR) is 80.4 cm³/mol. The summed E-state index contributed by atoms with van der Waals surface area (Å²) >= 11 is 0. The van der Waals surface area contributed by atoms with Crippen molar-refractivity contribution in [3.05, 3.63) is 23.8 Å². The number of primary amides is 1. The number of benzene rings is 1. The highest BCUT2D eigenvalue weighted by Crippen LogP contribution is 2.29. The van der Waals surface area contributed by atoms with Crippen LogP contribution in [0.3, 0.4) is 0 Å². The van der Waals surface area contributed by atoms with Crippen LogP contribution in [0.25, 0.3) is 0 Å². The fourth-order valence-corrected chi connectivity index (χ4v) is 5.17. The van der Waals surface area contributed by atoms with Crippen molar-refractivity contribution in [1.82, 2.24) is 4.31 Å². The van der Waals surface area contributed by atoms with Gasteiger partial charge in [-0.1, -0.05) is 6.07 Å². The van der Waals surface area contributed by atoms with Gasteiger partial charge < -0.3 is 5.73 Å². The number of sulfonamides is 1. The number of hydrogen-bond acceptors (Lipinski definition) is 5. The molecule has 0 bridgehead atoms. The molecule has 0 spiro atoms.